The largest absolute Gasteiger partial charge is 0.0877 e. The van der Waals surface area contributed by atoms with Gasteiger partial charge in [0.1, 0.15) is 0 Å². The summed E-state index contributed by atoms with van der Waals surface area (Å²) in [5.74, 6) is 0. The van der Waals surface area contributed by atoms with Gasteiger partial charge < -0.3 is 0 Å². The van der Waals surface area contributed by atoms with E-state index in [0.29, 0.717) is 0 Å². The third-order valence-corrected chi connectivity index (χ3v) is 2.37. The van der Waals surface area contributed by atoms with Crippen LogP contribution in [0.25, 0.3) is 5.57 Å². The molecular formula is C12H13Br. The van der Waals surface area contributed by atoms with E-state index >= 15 is 0 Å². The fraction of sp³-hybridized carbons (Fsp3) is 0.167. The fourth-order valence-electron chi connectivity index (χ4n) is 1.05. The number of hydrogen-bond donors (Lipinski definition) is 0. The van der Waals surface area contributed by atoms with Crippen LogP contribution in [-0.4, -0.2) is 0 Å². The number of benzene rings is 1. The van der Waals surface area contributed by atoms with E-state index in [-0.39, 0.29) is 0 Å². The Morgan fingerprint density at radius 3 is 2.38 bits per heavy atom. The maximum atomic E-state index is 3.41. The van der Waals surface area contributed by atoms with Crippen molar-refractivity contribution < 1.29 is 0 Å². The molecule has 1 heteroatoms. The van der Waals surface area contributed by atoms with Gasteiger partial charge in [-0.2, -0.15) is 0 Å². The molecule has 0 aliphatic carbocycles. The van der Waals surface area contributed by atoms with Crippen LogP contribution in [0, 0.1) is 0 Å². The van der Waals surface area contributed by atoms with E-state index in [1.165, 1.54) is 11.1 Å². The topological polar surface area (TPSA) is 0 Å². The zero-order chi connectivity index (χ0) is 9.68. The molecule has 0 spiro atoms. The summed E-state index contributed by atoms with van der Waals surface area (Å²) in [6.07, 6.45) is 6.20. The summed E-state index contributed by atoms with van der Waals surface area (Å²) in [6.45, 7) is 4.13. The van der Waals surface area contributed by atoms with E-state index in [4.69, 9.17) is 0 Å². The van der Waals surface area contributed by atoms with Gasteiger partial charge in [-0.05, 0) is 37.1 Å². The Morgan fingerprint density at radius 1 is 1.23 bits per heavy atom. The lowest BCUT2D eigenvalue weighted by atomic mass is 10.1. The van der Waals surface area contributed by atoms with Gasteiger partial charge in [-0.3, -0.25) is 0 Å². The average molecular weight is 237 g/mol. The minimum absolute atomic E-state index is 1.12. The lowest BCUT2D eigenvalue weighted by Crippen LogP contribution is -1.77. The molecule has 0 radical (unpaired) electrons. The van der Waals surface area contributed by atoms with Gasteiger partial charge in [-0.15, -0.1) is 0 Å². The Kier molecular flexibility index (Phi) is 3.97. The van der Waals surface area contributed by atoms with E-state index in [1.807, 2.05) is 13.0 Å². The molecule has 0 aliphatic rings. The molecule has 1 aromatic rings. The van der Waals surface area contributed by atoms with Gasteiger partial charge in [0.05, 0.1) is 0 Å². The van der Waals surface area contributed by atoms with Crippen molar-refractivity contribution in [2.24, 2.45) is 0 Å². The lowest BCUT2D eigenvalue weighted by molar-refractivity contribution is 1.54. The monoisotopic (exact) mass is 236 g/mol. The molecule has 0 amide bonds. The van der Waals surface area contributed by atoms with Crippen molar-refractivity contribution in [3.05, 3.63) is 52.5 Å². The summed E-state index contributed by atoms with van der Waals surface area (Å²) >= 11 is 3.41. The normalized spacial score (nSPS) is 12.4. The molecule has 0 fully saturated rings. The summed E-state index contributed by atoms with van der Waals surface area (Å²) in [4.78, 5) is 0. The fourth-order valence-corrected chi connectivity index (χ4v) is 1.31. The molecule has 0 bridgehead atoms. The third-order valence-electron chi connectivity index (χ3n) is 1.84. The first-order valence-electron chi connectivity index (χ1n) is 4.29. The van der Waals surface area contributed by atoms with E-state index in [9.17, 15) is 0 Å². The first-order chi connectivity index (χ1) is 6.24. The molecule has 1 aromatic carbocycles. The standard InChI is InChI=1S/C12H13Br/c1-3-4-5-10(2)11-6-8-12(13)9-7-11/h3-9H,1-2H3. The van der Waals surface area contributed by atoms with Gasteiger partial charge in [0.15, 0.2) is 0 Å². The van der Waals surface area contributed by atoms with Gasteiger partial charge in [0.25, 0.3) is 0 Å². The predicted molar refractivity (Wildman–Crippen MR) is 62.6 cm³/mol. The van der Waals surface area contributed by atoms with Crippen molar-refractivity contribution >= 4 is 21.5 Å². The molecule has 0 aliphatic heterocycles. The highest BCUT2D eigenvalue weighted by Gasteiger charge is 1.92. The molecule has 0 aromatic heterocycles. The van der Waals surface area contributed by atoms with Crippen molar-refractivity contribution in [1.29, 1.82) is 0 Å². The Labute approximate surface area is 88.1 Å². The quantitative estimate of drug-likeness (QED) is 0.667. The zero-order valence-corrected chi connectivity index (χ0v) is 9.51. The number of hydrogen-bond acceptors (Lipinski definition) is 0. The summed E-state index contributed by atoms with van der Waals surface area (Å²) in [6, 6.07) is 8.34. The van der Waals surface area contributed by atoms with Gasteiger partial charge in [0.2, 0.25) is 0 Å². The summed E-state index contributed by atoms with van der Waals surface area (Å²) < 4.78 is 1.12. The first kappa shape index (κ1) is 10.3. The van der Waals surface area contributed by atoms with Crippen molar-refractivity contribution in [2.75, 3.05) is 0 Å². The van der Waals surface area contributed by atoms with Gasteiger partial charge in [0, 0.05) is 4.47 Å². The molecular weight excluding hydrogens is 224 g/mol. The van der Waals surface area contributed by atoms with E-state index in [0.717, 1.165) is 4.47 Å². The smallest absolute Gasteiger partial charge is 0.0175 e. The summed E-state index contributed by atoms with van der Waals surface area (Å²) in [5.41, 5.74) is 2.55. The molecule has 0 atom stereocenters. The molecule has 0 N–H and O–H groups in total. The minimum atomic E-state index is 1.12. The van der Waals surface area contributed by atoms with E-state index in [1.54, 1.807) is 0 Å². The van der Waals surface area contributed by atoms with Crippen molar-refractivity contribution in [2.45, 2.75) is 13.8 Å². The molecule has 0 heterocycles. The van der Waals surface area contributed by atoms with Crippen LogP contribution in [0.4, 0.5) is 0 Å². The van der Waals surface area contributed by atoms with Crippen molar-refractivity contribution in [1.82, 2.24) is 0 Å². The summed E-state index contributed by atoms with van der Waals surface area (Å²) in [7, 11) is 0. The van der Waals surface area contributed by atoms with Crippen LogP contribution >= 0.6 is 15.9 Å². The molecule has 68 valence electrons. The average Bonchev–Trinajstić information content (AvgIpc) is 2.15. The van der Waals surface area contributed by atoms with Gasteiger partial charge in [-0.25, -0.2) is 0 Å². The van der Waals surface area contributed by atoms with Crippen LogP contribution in [0.15, 0.2) is 47.0 Å². The van der Waals surface area contributed by atoms with Crippen LogP contribution < -0.4 is 0 Å². The Bertz CT molecular complexity index is 317. The predicted octanol–water partition coefficient (Wildman–Crippen LogP) is 4.43. The second-order valence-electron chi connectivity index (χ2n) is 2.88. The zero-order valence-electron chi connectivity index (χ0n) is 7.92. The molecule has 0 unspecified atom stereocenters. The first-order valence-corrected chi connectivity index (χ1v) is 5.09. The van der Waals surface area contributed by atoms with Crippen molar-refractivity contribution in [3.8, 4) is 0 Å². The SMILES string of the molecule is CC=CC=C(C)c1ccc(Br)cc1. The Hall–Kier alpha value is -0.820. The molecule has 1 rings (SSSR count). The van der Waals surface area contributed by atoms with Crippen LogP contribution in [-0.2, 0) is 0 Å². The maximum absolute atomic E-state index is 3.41. The highest BCUT2D eigenvalue weighted by molar-refractivity contribution is 9.10. The van der Waals surface area contributed by atoms with Gasteiger partial charge in [-0.1, -0.05) is 46.3 Å². The maximum Gasteiger partial charge on any atom is 0.0175 e. The minimum Gasteiger partial charge on any atom is -0.0877 e. The van der Waals surface area contributed by atoms with Crippen molar-refractivity contribution in [3.63, 3.8) is 0 Å². The Morgan fingerprint density at radius 2 is 1.85 bits per heavy atom. The third kappa shape index (κ3) is 3.19. The summed E-state index contributed by atoms with van der Waals surface area (Å²) in [5, 5.41) is 0. The lowest BCUT2D eigenvalue weighted by Gasteiger charge is -1.99. The number of rotatable bonds is 2. The highest BCUT2D eigenvalue weighted by Crippen LogP contribution is 2.17. The van der Waals surface area contributed by atoms with Crippen LogP contribution in [0.3, 0.4) is 0 Å². The second kappa shape index (κ2) is 5.03. The molecule has 13 heavy (non-hydrogen) atoms. The van der Waals surface area contributed by atoms with Crippen LogP contribution in [0.2, 0.25) is 0 Å². The molecule has 0 saturated carbocycles. The van der Waals surface area contributed by atoms with E-state index < -0.39 is 0 Å². The number of halogens is 1. The van der Waals surface area contributed by atoms with Gasteiger partial charge >= 0.3 is 0 Å². The number of allylic oxidation sites excluding steroid dienone is 4. The molecule has 0 saturated heterocycles. The Balaban J connectivity index is 2.89. The highest BCUT2D eigenvalue weighted by atomic mass is 79.9. The molecule has 0 nitrogen and oxygen atoms in total. The van der Waals surface area contributed by atoms with E-state index in [2.05, 4.69) is 59.3 Å². The second-order valence-corrected chi connectivity index (χ2v) is 3.80. The van der Waals surface area contributed by atoms with Crippen LogP contribution in [0.1, 0.15) is 19.4 Å². The van der Waals surface area contributed by atoms with Crippen LogP contribution in [0.5, 0.6) is 0 Å².